The number of carbonyl (C=O) groups excluding carboxylic acids is 1. The third kappa shape index (κ3) is 9.32. The highest BCUT2D eigenvalue weighted by atomic mass is 19.3. The Morgan fingerprint density at radius 3 is 2.21 bits per heavy atom. The lowest BCUT2D eigenvalue weighted by atomic mass is 9.68. The molecule has 61 heavy (non-hydrogen) atoms. The van der Waals surface area contributed by atoms with Gasteiger partial charge in [-0.25, -0.2) is 27.9 Å². The lowest BCUT2D eigenvalue weighted by Gasteiger charge is -2.42. The maximum absolute atomic E-state index is 17.9. The molecule has 0 N–H and O–H groups in total. The first kappa shape index (κ1) is 42.4. The molecule has 2 aromatic heterocycles. The summed E-state index contributed by atoms with van der Waals surface area (Å²) in [6, 6.07) is 22.5. The molecule has 0 spiro atoms. The average Bonchev–Trinajstić information content (AvgIpc) is 3.27. The molecule has 5 aromatic rings. The number of hydrogen-bond acceptors (Lipinski definition) is 8. The summed E-state index contributed by atoms with van der Waals surface area (Å²) < 4.78 is 64.8. The van der Waals surface area contributed by atoms with E-state index in [0.29, 0.717) is 68.0 Å². The fourth-order valence-electron chi connectivity index (χ4n) is 9.57. The van der Waals surface area contributed by atoms with Gasteiger partial charge in [0.15, 0.2) is 6.17 Å². The molecule has 0 amide bonds. The quantitative estimate of drug-likeness (QED) is 0.122. The van der Waals surface area contributed by atoms with Crippen molar-refractivity contribution >= 4 is 11.9 Å². The number of halogens is 3. The summed E-state index contributed by atoms with van der Waals surface area (Å²) in [6.45, 7) is 8.02. The van der Waals surface area contributed by atoms with Crippen molar-refractivity contribution in [1.82, 2.24) is 15.0 Å². The zero-order valence-corrected chi connectivity index (χ0v) is 35.7. The Hall–Kier alpha value is -5.29. The molecule has 1 saturated heterocycles. The van der Waals surface area contributed by atoms with E-state index in [1.165, 1.54) is 7.11 Å². The number of piperidine rings is 1. The molecule has 3 aromatic carbocycles. The average molecular weight is 833 g/mol. The zero-order valence-electron chi connectivity index (χ0n) is 35.7. The number of pyridine rings is 1. The second kappa shape index (κ2) is 17.6. The number of methoxy groups -OCH3 is 2. The van der Waals surface area contributed by atoms with Crippen LogP contribution in [0, 0.1) is 12.3 Å². The van der Waals surface area contributed by atoms with Crippen molar-refractivity contribution < 1.29 is 32.2 Å². The summed E-state index contributed by atoms with van der Waals surface area (Å²) in [5.74, 6) is -2.14. The van der Waals surface area contributed by atoms with Crippen LogP contribution >= 0.6 is 0 Å². The molecule has 2 atom stereocenters. The Morgan fingerprint density at radius 1 is 0.869 bits per heavy atom. The number of anilines is 1. The molecule has 11 heteroatoms. The zero-order chi connectivity index (χ0) is 42.9. The number of hydrogen-bond donors (Lipinski definition) is 0. The SMILES string of the molecule is COC(=O)c1cccc(-c2cnc(N3CCC(c4nc5c(c(C6CCC(F)(F)CC6)c4C(F)c4ccc(C)cc4)C(OCc4ccc(OC)cc4)CC(C)(C)C5)CC3)nc2)c1. The van der Waals surface area contributed by atoms with E-state index in [1.807, 2.05) is 61.5 Å². The number of alkyl halides is 3. The summed E-state index contributed by atoms with van der Waals surface area (Å²) in [7, 11) is 2.99. The van der Waals surface area contributed by atoms with Gasteiger partial charge in [0, 0.05) is 66.6 Å². The molecule has 8 nitrogen and oxygen atoms in total. The van der Waals surface area contributed by atoms with Gasteiger partial charge in [-0.1, -0.05) is 67.9 Å². The van der Waals surface area contributed by atoms with Crippen molar-refractivity contribution in [2.24, 2.45) is 5.41 Å². The number of fused-ring (bicyclic) bond motifs is 1. The van der Waals surface area contributed by atoms with Gasteiger partial charge in [-0.05, 0) is 103 Å². The van der Waals surface area contributed by atoms with E-state index in [0.717, 1.165) is 50.5 Å². The normalized spacial score (nSPS) is 19.5. The van der Waals surface area contributed by atoms with E-state index >= 15 is 4.39 Å². The van der Waals surface area contributed by atoms with E-state index in [9.17, 15) is 13.6 Å². The van der Waals surface area contributed by atoms with E-state index in [2.05, 4.69) is 18.7 Å². The first-order chi connectivity index (χ1) is 29.3. The number of ether oxygens (including phenoxy) is 3. The molecular weight excluding hydrogens is 778 g/mol. The van der Waals surface area contributed by atoms with E-state index in [1.54, 1.807) is 37.7 Å². The molecule has 2 unspecified atom stereocenters. The molecule has 1 saturated carbocycles. The number of carbonyl (C=O) groups is 1. The monoisotopic (exact) mass is 832 g/mol. The van der Waals surface area contributed by atoms with Crippen molar-refractivity contribution in [2.75, 3.05) is 32.2 Å². The maximum Gasteiger partial charge on any atom is 0.337 e. The Labute approximate surface area is 356 Å². The predicted molar refractivity (Wildman–Crippen MR) is 230 cm³/mol. The van der Waals surface area contributed by atoms with Gasteiger partial charge >= 0.3 is 5.97 Å². The molecule has 3 aliphatic rings. The molecule has 2 aliphatic carbocycles. The standard InChI is InChI=1S/C50H55F3N4O4/c1-31-9-13-34(14-10-31)45(51)44-42(33-17-21-50(52,53)22-18-33)43-40(26-49(2,3)27-41(43)61-30-32-11-15-39(59-4)16-12-32)56-46(44)35-19-23-57(24-20-35)48-54-28-38(29-55-48)36-7-6-8-37(25-36)47(58)60-5/h6-16,25,28-29,33,35,41,45H,17-24,26-27,30H2,1-5H3. The van der Waals surface area contributed by atoms with Crippen molar-refractivity contribution in [1.29, 1.82) is 0 Å². The van der Waals surface area contributed by atoms with Gasteiger partial charge in [0.1, 0.15) is 5.75 Å². The van der Waals surface area contributed by atoms with Gasteiger partial charge in [-0.15, -0.1) is 0 Å². The first-order valence-corrected chi connectivity index (χ1v) is 21.5. The maximum atomic E-state index is 17.9. The fraction of sp³-hybridized carbons (Fsp3) is 0.440. The predicted octanol–water partition coefficient (Wildman–Crippen LogP) is 11.6. The highest BCUT2D eigenvalue weighted by molar-refractivity contribution is 5.90. The first-order valence-electron chi connectivity index (χ1n) is 21.5. The Morgan fingerprint density at radius 2 is 1.56 bits per heavy atom. The molecule has 8 rings (SSSR count). The highest BCUT2D eigenvalue weighted by Crippen LogP contribution is 2.53. The topological polar surface area (TPSA) is 86.7 Å². The Balaban J connectivity index is 1.16. The van der Waals surface area contributed by atoms with E-state index < -0.39 is 24.2 Å². The van der Waals surface area contributed by atoms with Crippen molar-refractivity contribution in [3.8, 4) is 16.9 Å². The number of nitrogens with zero attached hydrogens (tertiary/aromatic N) is 4. The van der Waals surface area contributed by atoms with E-state index in [-0.39, 0.29) is 42.9 Å². The van der Waals surface area contributed by atoms with Crippen LogP contribution < -0.4 is 9.64 Å². The van der Waals surface area contributed by atoms with Gasteiger partial charge in [0.05, 0.1) is 38.2 Å². The summed E-state index contributed by atoms with van der Waals surface area (Å²) >= 11 is 0. The van der Waals surface area contributed by atoms with Crippen LogP contribution in [0.1, 0.15) is 138 Å². The molecule has 0 radical (unpaired) electrons. The second-order valence-electron chi connectivity index (χ2n) is 17.9. The third-order valence-electron chi connectivity index (χ3n) is 12.9. The van der Waals surface area contributed by atoms with Crippen LogP contribution in [-0.2, 0) is 22.5 Å². The number of rotatable bonds is 11. The molecular formula is C50H55F3N4O4. The van der Waals surface area contributed by atoms with Crippen LogP contribution in [0.4, 0.5) is 19.1 Å². The lowest BCUT2D eigenvalue weighted by molar-refractivity contribution is -0.0390. The van der Waals surface area contributed by atoms with Crippen molar-refractivity contribution in [3.05, 3.63) is 136 Å². The number of benzene rings is 3. The molecule has 3 heterocycles. The molecule has 1 aliphatic heterocycles. The van der Waals surface area contributed by atoms with Crippen LogP contribution in [0.5, 0.6) is 5.75 Å². The Kier molecular flexibility index (Phi) is 12.2. The summed E-state index contributed by atoms with van der Waals surface area (Å²) in [5, 5.41) is 0. The minimum absolute atomic E-state index is 0.0759. The summed E-state index contributed by atoms with van der Waals surface area (Å²) in [4.78, 5) is 29.2. The lowest BCUT2D eigenvalue weighted by Crippen LogP contribution is -2.36. The van der Waals surface area contributed by atoms with Gasteiger partial charge < -0.3 is 19.1 Å². The van der Waals surface area contributed by atoms with Crippen LogP contribution in [0.2, 0.25) is 0 Å². The van der Waals surface area contributed by atoms with Crippen LogP contribution in [0.15, 0.2) is 85.2 Å². The van der Waals surface area contributed by atoms with Gasteiger partial charge in [-0.2, -0.15) is 0 Å². The van der Waals surface area contributed by atoms with Gasteiger partial charge in [-0.3, -0.25) is 4.98 Å². The second-order valence-corrected chi connectivity index (χ2v) is 17.9. The molecule has 2 fully saturated rings. The van der Waals surface area contributed by atoms with Gasteiger partial charge in [0.25, 0.3) is 0 Å². The van der Waals surface area contributed by atoms with Crippen molar-refractivity contribution in [3.63, 3.8) is 0 Å². The smallest absolute Gasteiger partial charge is 0.337 e. The minimum atomic E-state index is -2.74. The summed E-state index contributed by atoms with van der Waals surface area (Å²) in [6.07, 6.45) is 4.44. The van der Waals surface area contributed by atoms with E-state index in [4.69, 9.17) is 29.2 Å². The molecule has 0 bridgehead atoms. The van der Waals surface area contributed by atoms with Crippen LogP contribution in [-0.4, -0.2) is 54.2 Å². The molecule has 320 valence electrons. The highest BCUT2D eigenvalue weighted by Gasteiger charge is 2.44. The van der Waals surface area contributed by atoms with Crippen LogP contribution in [0.25, 0.3) is 11.1 Å². The number of aromatic nitrogens is 3. The number of esters is 1. The number of aryl methyl sites for hydroxylation is 1. The minimum Gasteiger partial charge on any atom is -0.497 e. The Bertz CT molecular complexity index is 2320. The largest absolute Gasteiger partial charge is 0.497 e. The van der Waals surface area contributed by atoms with Crippen molar-refractivity contribution in [2.45, 2.75) is 109 Å². The fourth-order valence-corrected chi connectivity index (χ4v) is 9.57. The van der Waals surface area contributed by atoms with Gasteiger partial charge in [0.2, 0.25) is 11.9 Å². The van der Waals surface area contributed by atoms with Crippen LogP contribution in [0.3, 0.4) is 0 Å². The summed E-state index contributed by atoms with van der Waals surface area (Å²) in [5.41, 5.74) is 8.34. The third-order valence-corrected chi connectivity index (χ3v) is 12.9.